The Hall–Kier alpha value is -2.29. The summed E-state index contributed by atoms with van der Waals surface area (Å²) in [5, 5.41) is 0. The van der Waals surface area contributed by atoms with Gasteiger partial charge in [-0.3, -0.25) is 0 Å². The summed E-state index contributed by atoms with van der Waals surface area (Å²) >= 11 is 0. The molecule has 0 atom stereocenters. The quantitative estimate of drug-likeness (QED) is 0.481. The minimum Gasteiger partial charge on any atom is -0.398 e. The van der Waals surface area contributed by atoms with Crippen molar-refractivity contribution in [1.29, 1.82) is 0 Å². The van der Waals surface area contributed by atoms with Gasteiger partial charge in [0.15, 0.2) is 0 Å². The van der Waals surface area contributed by atoms with Crippen molar-refractivity contribution in [3.63, 3.8) is 0 Å². The first-order chi connectivity index (χ1) is 8.58. The number of aryl methyl sites for hydroxylation is 2. The van der Waals surface area contributed by atoms with Crippen LogP contribution in [0.4, 0.5) is 11.4 Å². The van der Waals surface area contributed by atoms with Crippen LogP contribution in [0.5, 0.6) is 0 Å². The van der Waals surface area contributed by atoms with Gasteiger partial charge in [-0.05, 0) is 43.2 Å². The fourth-order valence-electron chi connectivity index (χ4n) is 1.76. The first-order valence-electron chi connectivity index (χ1n) is 5.84. The van der Waals surface area contributed by atoms with Crippen LogP contribution in [0.1, 0.15) is 16.7 Å². The topological polar surface area (TPSA) is 64.4 Å². The van der Waals surface area contributed by atoms with Gasteiger partial charge in [-0.2, -0.15) is 0 Å². The number of para-hydroxylation sites is 1. The second-order valence-electron chi connectivity index (χ2n) is 4.37. The van der Waals surface area contributed by atoms with Crippen LogP contribution in [0.15, 0.2) is 47.5 Å². The lowest BCUT2D eigenvalue weighted by Crippen LogP contribution is -2.14. The third-order valence-corrected chi connectivity index (χ3v) is 2.84. The largest absolute Gasteiger partial charge is 0.398 e. The maximum Gasteiger partial charge on any atom is 0.133 e. The second-order valence-corrected chi connectivity index (χ2v) is 4.37. The van der Waals surface area contributed by atoms with E-state index in [0.29, 0.717) is 11.5 Å². The second kappa shape index (κ2) is 4.92. The number of nitrogen functional groups attached to an aromatic ring is 1. The van der Waals surface area contributed by atoms with Crippen molar-refractivity contribution in [3.05, 3.63) is 59.2 Å². The van der Waals surface area contributed by atoms with E-state index in [2.05, 4.69) is 11.1 Å². The van der Waals surface area contributed by atoms with Crippen LogP contribution >= 0.6 is 0 Å². The molecule has 18 heavy (non-hydrogen) atoms. The lowest BCUT2D eigenvalue weighted by atomic mass is 10.1. The van der Waals surface area contributed by atoms with Crippen molar-refractivity contribution >= 4 is 17.2 Å². The van der Waals surface area contributed by atoms with Crippen LogP contribution in [0.3, 0.4) is 0 Å². The number of rotatable bonds is 2. The summed E-state index contributed by atoms with van der Waals surface area (Å²) in [5.74, 6) is 0.446. The average Bonchev–Trinajstić information content (AvgIpc) is 2.34. The van der Waals surface area contributed by atoms with Crippen LogP contribution in [-0.4, -0.2) is 5.84 Å². The van der Waals surface area contributed by atoms with E-state index >= 15 is 0 Å². The number of amidine groups is 1. The van der Waals surface area contributed by atoms with Gasteiger partial charge in [0.05, 0.1) is 5.69 Å². The number of anilines is 1. The fraction of sp³-hybridized carbons (Fsp3) is 0.133. The van der Waals surface area contributed by atoms with Gasteiger partial charge in [-0.15, -0.1) is 0 Å². The van der Waals surface area contributed by atoms with E-state index in [1.165, 1.54) is 0 Å². The molecule has 0 aliphatic heterocycles. The maximum absolute atomic E-state index is 6.02. The van der Waals surface area contributed by atoms with E-state index in [1.807, 2.05) is 50.2 Å². The van der Waals surface area contributed by atoms with Crippen molar-refractivity contribution in [2.75, 3.05) is 5.73 Å². The first kappa shape index (κ1) is 12.2. The SMILES string of the molecule is Cc1ccc(C)c(N=C(N)c2ccccc2N)c1. The summed E-state index contributed by atoms with van der Waals surface area (Å²) in [5.41, 5.74) is 16.5. The van der Waals surface area contributed by atoms with Gasteiger partial charge >= 0.3 is 0 Å². The van der Waals surface area contributed by atoms with Crippen molar-refractivity contribution in [3.8, 4) is 0 Å². The summed E-state index contributed by atoms with van der Waals surface area (Å²) in [6, 6.07) is 13.6. The highest BCUT2D eigenvalue weighted by atomic mass is 14.9. The minimum atomic E-state index is 0.446. The van der Waals surface area contributed by atoms with E-state index in [4.69, 9.17) is 11.5 Å². The monoisotopic (exact) mass is 239 g/mol. The van der Waals surface area contributed by atoms with Gasteiger partial charge in [0, 0.05) is 11.3 Å². The molecule has 0 amide bonds. The molecule has 0 bridgehead atoms. The molecule has 4 N–H and O–H groups in total. The van der Waals surface area contributed by atoms with E-state index in [-0.39, 0.29) is 0 Å². The van der Waals surface area contributed by atoms with Crippen LogP contribution in [0, 0.1) is 13.8 Å². The third-order valence-electron chi connectivity index (χ3n) is 2.84. The molecule has 92 valence electrons. The van der Waals surface area contributed by atoms with Gasteiger partial charge in [0.1, 0.15) is 5.84 Å². The predicted octanol–water partition coefficient (Wildman–Crippen LogP) is 2.92. The highest BCUT2D eigenvalue weighted by Crippen LogP contribution is 2.21. The molecule has 3 nitrogen and oxygen atoms in total. The summed E-state index contributed by atoms with van der Waals surface area (Å²) in [6.45, 7) is 4.05. The molecule has 0 saturated heterocycles. The summed E-state index contributed by atoms with van der Waals surface area (Å²) in [7, 11) is 0. The van der Waals surface area contributed by atoms with E-state index in [1.54, 1.807) is 0 Å². The summed E-state index contributed by atoms with van der Waals surface area (Å²) in [4.78, 5) is 4.46. The maximum atomic E-state index is 6.02. The van der Waals surface area contributed by atoms with Crippen molar-refractivity contribution in [2.24, 2.45) is 10.7 Å². The molecule has 0 fully saturated rings. The Labute approximate surface area is 107 Å². The number of benzene rings is 2. The van der Waals surface area contributed by atoms with Crippen molar-refractivity contribution in [1.82, 2.24) is 0 Å². The molecule has 0 aromatic heterocycles. The zero-order valence-corrected chi connectivity index (χ0v) is 10.6. The number of aliphatic imine (C=N–C) groups is 1. The number of nitrogens with zero attached hydrogens (tertiary/aromatic N) is 1. The standard InChI is InChI=1S/C15H17N3/c1-10-7-8-11(2)14(9-10)18-15(17)12-5-3-4-6-13(12)16/h3-9H,16H2,1-2H3,(H2,17,18). The summed E-state index contributed by atoms with van der Waals surface area (Å²) in [6.07, 6.45) is 0. The molecule has 0 heterocycles. The van der Waals surface area contributed by atoms with Crippen LogP contribution in [0.2, 0.25) is 0 Å². The molecular weight excluding hydrogens is 222 g/mol. The molecule has 0 spiro atoms. The molecule has 2 rings (SSSR count). The normalized spacial score (nSPS) is 11.6. The smallest absolute Gasteiger partial charge is 0.133 e. The molecule has 2 aromatic rings. The molecule has 3 heteroatoms. The predicted molar refractivity (Wildman–Crippen MR) is 77.2 cm³/mol. The Morgan fingerprint density at radius 3 is 2.50 bits per heavy atom. The Bertz CT molecular complexity index is 600. The molecule has 0 saturated carbocycles. The van der Waals surface area contributed by atoms with Gasteiger partial charge in [-0.25, -0.2) is 4.99 Å². The van der Waals surface area contributed by atoms with Crippen LogP contribution in [-0.2, 0) is 0 Å². The molecular formula is C15H17N3. The van der Waals surface area contributed by atoms with E-state index < -0.39 is 0 Å². The molecule has 0 radical (unpaired) electrons. The Morgan fingerprint density at radius 2 is 1.78 bits per heavy atom. The van der Waals surface area contributed by atoms with Gasteiger partial charge in [-0.1, -0.05) is 24.3 Å². The zero-order valence-electron chi connectivity index (χ0n) is 10.6. The van der Waals surface area contributed by atoms with E-state index in [9.17, 15) is 0 Å². The highest BCUT2D eigenvalue weighted by Gasteiger charge is 2.04. The van der Waals surface area contributed by atoms with Crippen LogP contribution in [0.25, 0.3) is 0 Å². The fourth-order valence-corrected chi connectivity index (χ4v) is 1.76. The zero-order chi connectivity index (χ0) is 13.1. The molecule has 0 unspecified atom stereocenters. The lowest BCUT2D eigenvalue weighted by Gasteiger charge is -2.06. The minimum absolute atomic E-state index is 0.446. The number of hydrogen-bond donors (Lipinski definition) is 2. The van der Waals surface area contributed by atoms with Crippen LogP contribution < -0.4 is 11.5 Å². The van der Waals surface area contributed by atoms with E-state index in [0.717, 1.165) is 22.4 Å². The Balaban J connectivity index is 2.45. The third kappa shape index (κ3) is 2.51. The van der Waals surface area contributed by atoms with Gasteiger partial charge < -0.3 is 11.5 Å². The van der Waals surface area contributed by atoms with Gasteiger partial charge in [0.2, 0.25) is 0 Å². The average molecular weight is 239 g/mol. The van der Waals surface area contributed by atoms with Gasteiger partial charge in [0.25, 0.3) is 0 Å². The molecule has 0 aliphatic carbocycles. The number of nitrogens with two attached hydrogens (primary N) is 2. The lowest BCUT2D eigenvalue weighted by molar-refractivity contribution is 1.34. The number of hydrogen-bond acceptors (Lipinski definition) is 2. The van der Waals surface area contributed by atoms with Crippen molar-refractivity contribution in [2.45, 2.75) is 13.8 Å². The highest BCUT2D eigenvalue weighted by molar-refractivity contribution is 6.03. The van der Waals surface area contributed by atoms with Crippen molar-refractivity contribution < 1.29 is 0 Å². The molecule has 2 aromatic carbocycles. The Morgan fingerprint density at radius 1 is 1.06 bits per heavy atom. The summed E-state index contributed by atoms with van der Waals surface area (Å²) < 4.78 is 0. The first-order valence-corrected chi connectivity index (χ1v) is 5.84. The Kier molecular flexibility index (Phi) is 3.33. The molecule has 0 aliphatic rings.